The average molecular weight is 332 g/mol. The molecule has 0 bridgehead atoms. The van der Waals surface area contributed by atoms with Crippen LogP contribution in [0, 0.1) is 0 Å². The van der Waals surface area contributed by atoms with E-state index in [1.165, 1.54) is 0 Å². The number of carbonyl (C=O) groups excluding carboxylic acids is 3. The third-order valence-electron chi connectivity index (χ3n) is 3.19. The van der Waals surface area contributed by atoms with E-state index < -0.39 is 23.9 Å². The van der Waals surface area contributed by atoms with Gasteiger partial charge in [-0.25, -0.2) is 10.2 Å². The SMILES string of the molecule is CCNC(=O)NNC(=O)C[C@@H]1N=C(Cc2ccccc2)NNC1=O. The lowest BCUT2D eigenvalue weighted by atomic mass is 10.1. The van der Waals surface area contributed by atoms with Crippen molar-refractivity contribution < 1.29 is 14.4 Å². The zero-order valence-corrected chi connectivity index (χ0v) is 13.3. The summed E-state index contributed by atoms with van der Waals surface area (Å²) in [4.78, 5) is 39.1. The Morgan fingerprint density at radius 3 is 2.62 bits per heavy atom. The molecule has 9 heteroatoms. The summed E-state index contributed by atoms with van der Waals surface area (Å²) in [6.07, 6.45) is 0.342. The predicted molar refractivity (Wildman–Crippen MR) is 87.6 cm³/mol. The van der Waals surface area contributed by atoms with Crippen LogP contribution in [0.4, 0.5) is 4.79 Å². The molecule has 0 saturated heterocycles. The van der Waals surface area contributed by atoms with Crippen molar-refractivity contribution in [3.05, 3.63) is 35.9 Å². The van der Waals surface area contributed by atoms with Gasteiger partial charge in [0.1, 0.15) is 11.9 Å². The quantitative estimate of drug-likeness (QED) is 0.461. The lowest BCUT2D eigenvalue weighted by Crippen LogP contribution is -2.53. The van der Waals surface area contributed by atoms with Gasteiger partial charge in [-0.3, -0.25) is 30.9 Å². The van der Waals surface area contributed by atoms with E-state index in [-0.39, 0.29) is 6.42 Å². The van der Waals surface area contributed by atoms with Crippen molar-refractivity contribution in [2.45, 2.75) is 25.8 Å². The Morgan fingerprint density at radius 1 is 1.17 bits per heavy atom. The number of urea groups is 1. The normalized spacial score (nSPS) is 16.3. The number of aliphatic imine (C=N–C) groups is 1. The summed E-state index contributed by atoms with van der Waals surface area (Å²) in [5.74, 6) is -0.346. The first-order valence-electron chi connectivity index (χ1n) is 7.57. The molecular formula is C15H20N6O3. The number of hydrogen-bond acceptors (Lipinski definition) is 5. The van der Waals surface area contributed by atoms with Crippen LogP contribution in [0.2, 0.25) is 0 Å². The molecule has 5 N–H and O–H groups in total. The Hall–Kier alpha value is -3.10. The number of hydrazine groups is 2. The highest BCUT2D eigenvalue weighted by Gasteiger charge is 2.25. The summed E-state index contributed by atoms with van der Waals surface area (Å²) in [5.41, 5.74) is 10.7. The fourth-order valence-electron chi connectivity index (χ4n) is 2.07. The third-order valence-corrected chi connectivity index (χ3v) is 3.19. The zero-order chi connectivity index (χ0) is 17.4. The van der Waals surface area contributed by atoms with E-state index in [4.69, 9.17) is 0 Å². The highest BCUT2D eigenvalue weighted by molar-refractivity contribution is 5.96. The van der Waals surface area contributed by atoms with Crippen LogP contribution < -0.4 is 27.0 Å². The second-order valence-electron chi connectivity index (χ2n) is 5.10. The summed E-state index contributed by atoms with van der Waals surface area (Å²) in [6, 6.07) is 8.26. The van der Waals surface area contributed by atoms with Gasteiger partial charge in [-0.2, -0.15) is 0 Å². The van der Waals surface area contributed by atoms with Crippen molar-refractivity contribution in [2.24, 2.45) is 4.99 Å². The number of hydrogen-bond donors (Lipinski definition) is 5. The van der Waals surface area contributed by atoms with Gasteiger partial charge >= 0.3 is 6.03 Å². The zero-order valence-electron chi connectivity index (χ0n) is 13.3. The van der Waals surface area contributed by atoms with Crippen molar-refractivity contribution in [3.8, 4) is 0 Å². The summed E-state index contributed by atoms with van der Waals surface area (Å²) in [7, 11) is 0. The van der Waals surface area contributed by atoms with Crippen LogP contribution in [-0.2, 0) is 16.0 Å². The topological polar surface area (TPSA) is 124 Å². The van der Waals surface area contributed by atoms with E-state index >= 15 is 0 Å². The van der Waals surface area contributed by atoms with Crippen molar-refractivity contribution in [1.29, 1.82) is 0 Å². The van der Waals surface area contributed by atoms with E-state index in [1.807, 2.05) is 30.3 Å². The van der Waals surface area contributed by atoms with Crippen molar-refractivity contribution >= 4 is 23.7 Å². The molecule has 24 heavy (non-hydrogen) atoms. The van der Waals surface area contributed by atoms with E-state index in [2.05, 4.69) is 32.0 Å². The molecule has 0 spiro atoms. The molecule has 1 atom stereocenters. The Morgan fingerprint density at radius 2 is 1.92 bits per heavy atom. The standard InChI is InChI=1S/C15H20N6O3/c1-2-16-15(24)21-19-13(22)9-11-14(23)20-18-12(17-11)8-10-6-4-3-5-7-10/h3-7,11H,2,8-9H2,1H3,(H,17,18)(H,19,22)(H,20,23)(H2,16,21,24)/t11-/m0/s1. The molecule has 1 heterocycles. The van der Waals surface area contributed by atoms with Crippen LogP contribution in [0.25, 0.3) is 0 Å². The first-order valence-corrected chi connectivity index (χ1v) is 7.57. The largest absolute Gasteiger partial charge is 0.337 e. The van der Waals surface area contributed by atoms with Crippen LogP contribution in [0.5, 0.6) is 0 Å². The number of carbonyl (C=O) groups is 3. The van der Waals surface area contributed by atoms with Gasteiger partial charge in [-0.1, -0.05) is 30.3 Å². The van der Waals surface area contributed by atoms with Crippen LogP contribution in [0.3, 0.4) is 0 Å². The van der Waals surface area contributed by atoms with E-state index in [1.54, 1.807) is 6.92 Å². The molecule has 1 aliphatic rings. The van der Waals surface area contributed by atoms with E-state index in [0.29, 0.717) is 18.8 Å². The van der Waals surface area contributed by atoms with Gasteiger partial charge in [0.15, 0.2) is 0 Å². The van der Waals surface area contributed by atoms with Gasteiger partial charge in [0.25, 0.3) is 5.91 Å². The van der Waals surface area contributed by atoms with Gasteiger partial charge < -0.3 is 5.32 Å². The Kier molecular flexibility index (Phi) is 6.12. The second kappa shape index (κ2) is 8.51. The van der Waals surface area contributed by atoms with Crippen molar-refractivity contribution in [1.82, 2.24) is 27.0 Å². The molecule has 1 aromatic rings. The van der Waals surface area contributed by atoms with Gasteiger partial charge in [-0.05, 0) is 12.5 Å². The fourth-order valence-corrected chi connectivity index (χ4v) is 2.07. The molecule has 0 saturated carbocycles. The molecule has 0 aromatic heterocycles. The minimum Gasteiger partial charge on any atom is -0.337 e. The van der Waals surface area contributed by atoms with Crippen LogP contribution in [0.15, 0.2) is 35.3 Å². The maximum atomic E-state index is 11.8. The lowest BCUT2D eigenvalue weighted by molar-refractivity contribution is -0.128. The van der Waals surface area contributed by atoms with Crippen LogP contribution in [0.1, 0.15) is 18.9 Å². The number of amidine groups is 1. The monoisotopic (exact) mass is 332 g/mol. The molecule has 0 radical (unpaired) electrons. The number of rotatable bonds is 5. The fraction of sp³-hybridized carbons (Fsp3) is 0.333. The maximum absolute atomic E-state index is 11.8. The second-order valence-corrected chi connectivity index (χ2v) is 5.10. The highest BCUT2D eigenvalue weighted by atomic mass is 16.2. The van der Waals surface area contributed by atoms with Crippen molar-refractivity contribution in [2.75, 3.05) is 6.54 Å². The molecule has 0 unspecified atom stereocenters. The molecule has 0 aliphatic carbocycles. The number of benzene rings is 1. The Labute approximate surface area is 139 Å². The van der Waals surface area contributed by atoms with Crippen LogP contribution >= 0.6 is 0 Å². The number of amides is 4. The molecule has 0 fully saturated rings. The molecule has 1 aromatic carbocycles. The predicted octanol–water partition coefficient (Wildman–Crippen LogP) is -0.629. The lowest BCUT2D eigenvalue weighted by Gasteiger charge is -2.22. The molecule has 1 aliphatic heterocycles. The Bertz CT molecular complexity index is 631. The summed E-state index contributed by atoms with van der Waals surface area (Å²) < 4.78 is 0. The number of nitrogens with zero attached hydrogens (tertiary/aromatic N) is 1. The van der Waals surface area contributed by atoms with Crippen molar-refractivity contribution in [3.63, 3.8) is 0 Å². The first kappa shape index (κ1) is 17.3. The minimum atomic E-state index is -0.846. The van der Waals surface area contributed by atoms with E-state index in [0.717, 1.165) is 5.56 Å². The van der Waals surface area contributed by atoms with Gasteiger partial charge in [0, 0.05) is 13.0 Å². The van der Waals surface area contributed by atoms with Gasteiger partial charge in [0.05, 0.1) is 6.42 Å². The summed E-state index contributed by atoms with van der Waals surface area (Å²) >= 11 is 0. The van der Waals surface area contributed by atoms with Gasteiger partial charge in [0.2, 0.25) is 5.91 Å². The summed E-state index contributed by atoms with van der Waals surface area (Å²) in [6.45, 7) is 2.19. The smallest absolute Gasteiger partial charge is 0.333 e. The minimum absolute atomic E-state index is 0.168. The summed E-state index contributed by atoms with van der Waals surface area (Å²) in [5, 5.41) is 2.47. The average Bonchev–Trinajstić information content (AvgIpc) is 2.57. The Balaban J connectivity index is 1.90. The maximum Gasteiger partial charge on any atom is 0.333 e. The molecular weight excluding hydrogens is 312 g/mol. The molecule has 9 nitrogen and oxygen atoms in total. The molecule has 4 amide bonds. The number of nitrogens with one attached hydrogen (secondary N) is 5. The van der Waals surface area contributed by atoms with Crippen LogP contribution in [-0.4, -0.2) is 36.3 Å². The van der Waals surface area contributed by atoms with Gasteiger partial charge in [-0.15, -0.1) is 0 Å². The highest BCUT2D eigenvalue weighted by Crippen LogP contribution is 2.06. The van der Waals surface area contributed by atoms with E-state index in [9.17, 15) is 14.4 Å². The first-order chi connectivity index (χ1) is 11.6. The molecule has 2 rings (SSSR count). The molecule has 128 valence electrons. The third kappa shape index (κ3) is 5.27.